The number of ether oxygens (including phenoxy) is 5. The van der Waals surface area contributed by atoms with Gasteiger partial charge in [-0.05, 0) is 35.7 Å². The molecule has 52 heavy (non-hydrogen) atoms. The number of hydrogen-bond acceptors (Lipinski definition) is 12. The summed E-state index contributed by atoms with van der Waals surface area (Å²) in [5, 5.41) is 53.3. The number of rotatable bonds is 10. The molecule has 3 fully saturated rings. The maximum atomic E-state index is 13.4. The SMILES string of the molecule is C[C@@H]1C[C@@](O)(CNCc2ccc(F)cc2)[C@]2(O)OC3C(OC2O1)[C@@H](O)[C@H](N(C)C(=O)OCc1ccccc1)[C@H](O)[C@@H]3NC(=O)OCc1ccccc1. The summed E-state index contributed by atoms with van der Waals surface area (Å²) in [6.07, 6.45) is -10.6. The zero-order valence-electron chi connectivity index (χ0n) is 28.7. The van der Waals surface area contributed by atoms with Crippen molar-refractivity contribution in [2.75, 3.05) is 13.6 Å². The lowest BCUT2D eigenvalue weighted by Crippen LogP contribution is -2.81. The van der Waals surface area contributed by atoms with Crippen molar-refractivity contribution in [3.05, 3.63) is 107 Å². The maximum absolute atomic E-state index is 13.4. The number of halogens is 1. The van der Waals surface area contributed by atoms with E-state index in [4.69, 9.17) is 23.7 Å². The number of aliphatic hydroxyl groups excluding tert-OH is 2. The van der Waals surface area contributed by atoms with Gasteiger partial charge in [-0.2, -0.15) is 0 Å². The molecule has 3 aromatic carbocycles. The molecule has 280 valence electrons. The highest BCUT2D eigenvalue weighted by Crippen LogP contribution is 2.47. The molecule has 3 aliphatic rings. The molecule has 6 rings (SSSR count). The lowest BCUT2D eigenvalue weighted by atomic mass is 9.77. The Morgan fingerprint density at radius 2 is 1.48 bits per heavy atom. The molecule has 0 radical (unpaired) electrons. The molecule has 1 saturated carbocycles. The molecule has 15 heteroatoms. The average Bonchev–Trinajstić information content (AvgIpc) is 3.13. The van der Waals surface area contributed by atoms with Gasteiger partial charge in [-0.15, -0.1) is 0 Å². The van der Waals surface area contributed by atoms with Crippen molar-refractivity contribution < 1.29 is 58.1 Å². The quantitative estimate of drug-likeness (QED) is 0.179. The van der Waals surface area contributed by atoms with Crippen LogP contribution in [0.5, 0.6) is 0 Å². The van der Waals surface area contributed by atoms with Crippen LogP contribution in [0.3, 0.4) is 0 Å². The molecule has 3 unspecified atom stereocenters. The summed E-state index contributed by atoms with van der Waals surface area (Å²) in [6.45, 7) is 1.42. The molecule has 2 aliphatic heterocycles. The van der Waals surface area contributed by atoms with E-state index in [0.29, 0.717) is 16.7 Å². The first-order valence-corrected chi connectivity index (χ1v) is 17.0. The van der Waals surface area contributed by atoms with Crippen LogP contribution in [0.25, 0.3) is 0 Å². The Hall–Kier alpha value is -4.19. The molecular weight excluding hydrogens is 681 g/mol. The van der Waals surface area contributed by atoms with Gasteiger partial charge in [-0.25, -0.2) is 14.0 Å². The van der Waals surface area contributed by atoms with Gasteiger partial charge in [0.15, 0.2) is 0 Å². The fraction of sp³-hybridized carbons (Fsp3) is 0.459. The van der Waals surface area contributed by atoms with Crippen LogP contribution in [0.15, 0.2) is 84.9 Å². The van der Waals surface area contributed by atoms with Gasteiger partial charge in [0.1, 0.15) is 49.0 Å². The van der Waals surface area contributed by atoms with Crippen molar-refractivity contribution in [2.45, 2.75) is 93.4 Å². The van der Waals surface area contributed by atoms with Gasteiger partial charge in [-0.3, -0.25) is 0 Å². The van der Waals surface area contributed by atoms with Crippen molar-refractivity contribution in [2.24, 2.45) is 0 Å². The van der Waals surface area contributed by atoms with Gasteiger partial charge in [0.25, 0.3) is 0 Å². The Balaban J connectivity index is 1.24. The van der Waals surface area contributed by atoms with Gasteiger partial charge in [0, 0.05) is 26.6 Å². The Labute approximate surface area is 300 Å². The number of benzene rings is 3. The number of carbonyl (C=O) groups excluding carboxylic acids is 2. The number of alkyl carbamates (subject to hydrolysis) is 1. The van der Waals surface area contributed by atoms with Gasteiger partial charge >= 0.3 is 12.2 Å². The lowest BCUT2D eigenvalue weighted by molar-refractivity contribution is -0.482. The van der Waals surface area contributed by atoms with Crippen molar-refractivity contribution in [1.29, 1.82) is 0 Å². The minimum absolute atomic E-state index is 0.0866. The van der Waals surface area contributed by atoms with Crippen LogP contribution in [0, 0.1) is 5.82 Å². The summed E-state index contributed by atoms with van der Waals surface area (Å²) in [4.78, 5) is 27.5. The van der Waals surface area contributed by atoms with E-state index in [9.17, 15) is 34.4 Å². The highest BCUT2D eigenvalue weighted by Gasteiger charge is 2.69. The molecule has 1 aliphatic carbocycles. The van der Waals surface area contributed by atoms with E-state index >= 15 is 0 Å². The predicted molar refractivity (Wildman–Crippen MR) is 180 cm³/mol. The summed E-state index contributed by atoms with van der Waals surface area (Å²) >= 11 is 0. The number of nitrogens with zero attached hydrogens (tertiary/aromatic N) is 1. The molecule has 2 amide bonds. The third kappa shape index (κ3) is 7.91. The van der Waals surface area contributed by atoms with E-state index in [1.54, 1.807) is 67.6 Å². The Kier molecular flexibility index (Phi) is 11.4. The van der Waals surface area contributed by atoms with E-state index in [1.165, 1.54) is 19.2 Å². The second-order valence-corrected chi connectivity index (χ2v) is 13.5. The Bertz CT molecular complexity index is 1660. The highest BCUT2D eigenvalue weighted by molar-refractivity contribution is 5.69. The van der Waals surface area contributed by atoms with E-state index in [-0.39, 0.29) is 32.7 Å². The zero-order chi connectivity index (χ0) is 37.0. The fourth-order valence-corrected chi connectivity index (χ4v) is 7.02. The van der Waals surface area contributed by atoms with Gasteiger partial charge in [0.2, 0.25) is 12.1 Å². The number of aliphatic hydroxyl groups is 4. The number of likely N-dealkylation sites (N-methyl/N-ethyl adjacent to an activating group) is 1. The number of carbonyl (C=O) groups is 2. The van der Waals surface area contributed by atoms with Crippen LogP contribution in [0.1, 0.15) is 30.0 Å². The van der Waals surface area contributed by atoms with E-state index in [1.807, 2.05) is 12.1 Å². The van der Waals surface area contributed by atoms with Crippen molar-refractivity contribution in [3.8, 4) is 0 Å². The van der Waals surface area contributed by atoms with Crippen LogP contribution in [0.2, 0.25) is 0 Å². The summed E-state index contributed by atoms with van der Waals surface area (Å²) < 4.78 is 42.6. The molecule has 0 bridgehead atoms. The first-order valence-electron chi connectivity index (χ1n) is 17.0. The molecule has 6 N–H and O–H groups in total. The largest absolute Gasteiger partial charge is 0.445 e. The van der Waals surface area contributed by atoms with Crippen LogP contribution < -0.4 is 10.6 Å². The first-order chi connectivity index (χ1) is 24.9. The summed E-state index contributed by atoms with van der Waals surface area (Å²) in [6, 6.07) is 20.6. The molecule has 2 saturated heterocycles. The lowest BCUT2D eigenvalue weighted by Gasteiger charge is -2.60. The van der Waals surface area contributed by atoms with E-state index < -0.39 is 78.3 Å². The molecule has 2 heterocycles. The van der Waals surface area contributed by atoms with Crippen LogP contribution in [-0.4, -0.2) is 111 Å². The first kappa shape index (κ1) is 37.6. The highest BCUT2D eigenvalue weighted by atomic mass is 19.1. The van der Waals surface area contributed by atoms with Crippen molar-refractivity contribution in [3.63, 3.8) is 0 Å². The molecule has 10 atom stereocenters. The second kappa shape index (κ2) is 15.8. The molecular formula is C37H44FN3O11. The van der Waals surface area contributed by atoms with Crippen LogP contribution >= 0.6 is 0 Å². The standard InChI is InChI=1S/C37H44FN3O11/c1-22-17-36(46,21-39-18-23-13-15-26(38)16-14-23)37(47)33(50-22)51-32-30(43)28(41(2)35(45)49-20-25-11-7-4-8-12-25)29(42)27(31(32)52-37)40-34(44)48-19-24-9-5-3-6-10-24/h3-16,22,27-33,39,42-43,46-47H,17-21H2,1-2H3,(H,40,44)/t22-,27+,28-,29-,30+,31?,32?,33?,36-,37-/m1/s1. The van der Waals surface area contributed by atoms with Crippen molar-refractivity contribution in [1.82, 2.24) is 15.5 Å². The zero-order valence-corrected chi connectivity index (χ0v) is 28.7. The van der Waals surface area contributed by atoms with E-state index in [0.717, 1.165) is 4.90 Å². The summed E-state index contributed by atoms with van der Waals surface area (Å²) in [5.74, 6) is -2.99. The normalized spacial score (nSPS) is 32.5. The Morgan fingerprint density at radius 1 is 0.865 bits per heavy atom. The monoisotopic (exact) mass is 725 g/mol. The number of amides is 2. The predicted octanol–water partition coefficient (Wildman–Crippen LogP) is 1.92. The minimum Gasteiger partial charge on any atom is -0.445 e. The molecule has 0 aromatic heterocycles. The van der Waals surface area contributed by atoms with E-state index in [2.05, 4.69) is 10.6 Å². The number of hydrogen-bond donors (Lipinski definition) is 6. The number of fused-ring (bicyclic) bond motifs is 2. The smallest absolute Gasteiger partial charge is 0.410 e. The average molecular weight is 726 g/mol. The molecule has 14 nitrogen and oxygen atoms in total. The van der Waals surface area contributed by atoms with Crippen LogP contribution in [-0.2, 0) is 43.4 Å². The second-order valence-electron chi connectivity index (χ2n) is 13.5. The summed E-state index contributed by atoms with van der Waals surface area (Å²) in [5.41, 5.74) is 0.0452. The summed E-state index contributed by atoms with van der Waals surface area (Å²) in [7, 11) is 1.32. The third-order valence-corrected chi connectivity index (χ3v) is 9.74. The van der Waals surface area contributed by atoms with Crippen molar-refractivity contribution >= 4 is 12.2 Å². The maximum Gasteiger partial charge on any atom is 0.410 e. The number of nitrogens with one attached hydrogen (secondary N) is 2. The van der Waals surface area contributed by atoms with Gasteiger partial charge in [0.05, 0.1) is 18.2 Å². The Morgan fingerprint density at radius 3 is 2.12 bits per heavy atom. The molecule has 3 aromatic rings. The fourth-order valence-electron chi connectivity index (χ4n) is 7.02. The van der Waals surface area contributed by atoms with Gasteiger partial charge < -0.3 is 59.6 Å². The molecule has 0 spiro atoms. The third-order valence-electron chi connectivity index (χ3n) is 9.74. The topological polar surface area (TPSA) is 189 Å². The van der Waals surface area contributed by atoms with Gasteiger partial charge in [-0.1, -0.05) is 72.8 Å². The minimum atomic E-state index is -2.59. The van der Waals surface area contributed by atoms with Crippen LogP contribution in [0.4, 0.5) is 14.0 Å².